The molecule has 30 heavy (non-hydrogen) atoms. The van der Waals surface area contributed by atoms with Crippen molar-refractivity contribution >= 4 is 28.3 Å². The molecule has 1 aliphatic rings. The summed E-state index contributed by atoms with van der Waals surface area (Å²) < 4.78 is 13.0. The molecule has 0 N–H and O–H groups in total. The fraction of sp³-hybridized carbons (Fsp3) is 0.318. The van der Waals surface area contributed by atoms with E-state index in [1.807, 2.05) is 29.2 Å². The standard InChI is InChI=1S/C22H21ClN4O3/c1-26-16-7-8-19(23)25-20(16)21(15(13-24)22(26)28)27-11-9-14(10-12-27)30-18-6-4-3-5-17(18)29-2/h3-8,14H,9-12H2,1-2H3. The molecule has 1 aromatic carbocycles. The summed E-state index contributed by atoms with van der Waals surface area (Å²) >= 11 is 6.13. The predicted octanol–water partition coefficient (Wildman–Crippen LogP) is 3.51. The van der Waals surface area contributed by atoms with Crippen LogP contribution in [-0.4, -0.2) is 35.9 Å². The van der Waals surface area contributed by atoms with E-state index >= 15 is 0 Å². The molecule has 4 rings (SSSR count). The number of benzene rings is 1. The summed E-state index contributed by atoms with van der Waals surface area (Å²) in [6, 6.07) is 13.0. The number of rotatable bonds is 4. The van der Waals surface area contributed by atoms with Gasteiger partial charge in [-0.1, -0.05) is 23.7 Å². The van der Waals surface area contributed by atoms with Crippen LogP contribution in [-0.2, 0) is 7.05 Å². The third-order valence-corrected chi connectivity index (χ3v) is 5.62. The monoisotopic (exact) mass is 424 g/mol. The SMILES string of the molecule is COc1ccccc1OC1CCN(c2c(C#N)c(=O)n(C)c3ccc(Cl)nc23)CC1. The second kappa shape index (κ2) is 8.25. The summed E-state index contributed by atoms with van der Waals surface area (Å²) in [5, 5.41) is 10.0. The van der Waals surface area contributed by atoms with Gasteiger partial charge in [0.15, 0.2) is 11.5 Å². The highest BCUT2D eigenvalue weighted by atomic mass is 35.5. The van der Waals surface area contributed by atoms with E-state index < -0.39 is 0 Å². The Labute approximate surface area is 179 Å². The van der Waals surface area contributed by atoms with Gasteiger partial charge in [0.1, 0.15) is 28.4 Å². The van der Waals surface area contributed by atoms with E-state index in [9.17, 15) is 10.1 Å². The molecular formula is C22H21ClN4O3. The summed E-state index contributed by atoms with van der Waals surface area (Å²) in [7, 11) is 3.26. The quantitative estimate of drug-likeness (QED) is 0.596. The molecule has 0 spiro atoms. The molecule has 3 heterocycles. The normalized spacial score (nSPS) is 14.5. The van der Waals surface area contributed by atoms with Crippen LogP contribution < -0.4 is 19.9 Å². The lowest BCUT2D eigenvalue weighted by Gasteiger charge is -2.34. The lowest BCUT2D eigenvalue weighted by Crippen LogP contribution is -2.40. The van der Waals surface area contributed by atoms with Crippen LogP contribution in [0.4, 0.5) is 5.69 Å². The van der Waals surface area contributed by atoms with Crippen molar-refractivity contribution in [2.75, 3.05) is 25.1 Å². The van der Waals surface area contributed by atoms with E-state index in [1.165, 1.54) is 4.57 Å². The molecule has 0 atom stereocenters. The summed E-state index contributed by atoms with van der Waals surface area (Å²) in [6.45, 7) is 1.26. The van der Waals surface area contributed by atoms with E-state index in [0.29, 0.717) is 46.5 Å². The molecule has 0 amide bonds. The number of aromatic nitrogens is 2. The number of ether oxygens (including phenoxy) is 2. The molecule has 7 nitrogen and oxygen atoms in total. The van der Waals surface area contributed by atoms with Crippen LogP contribution >= 0.6 is 11.6 Å². The van der Waals surface area contributed by atoms with Crippen LogP contribution in [0.1, 0.15) is 18.4 Å². The zero-order chi connectivity index (χ0) is 21.3. The highest BCUT2D eigenvalue weighted by molar-refractivity contribution is 6.29. The number of pyridine rings is 2. The van der Waals surface area contributed by atoms with Crippen LogP contribution in [0.3, 0.4) is 0 Å². The number of anilines is 1. The molecule has 8 heteroatoms. The van der Waals surface area contributed by atoms with Crippen molar-refractivity contribution in [3.8, 4) is 17.6 Å². The highest BCUT2D eigenvalue weighted by Crippen LogP contribution is 2.33. The minimum atomic E-state index is -0.337. The smallest absolute Gasteiger partial charge is 0.270 e. The summed E-state index contributed by atoms with van der Waals surface area (Å²) in [5.41, 5.74) is 1.50. The van der Waals surface area contributed by atoms with E-state index in [-0.39, 0.29) is 17.2 Å². The maximum Gasteiger partial charge on any atom is 0.270 e. The summed E-state index contributed by atoms with van der Waals surface area (Å²) in [5.74, 6) is 1.41. The zero-order valence-corrected chi connectivity index (χ0v) is 17.5. The minimum absolute atomic E-state index is 0.0115. The second-order valence-corrected chi connectivity index (χ2v) is 7.54. The average Bonchev–Trinajstić information content (AvgIpc) is 2.77. The molecule has 2 aromatic heterocycles. The molecule has 0 unspecified atom stereocenters. The summed E-state index contributed by atoms with van der Waals surface area (Å²) in [6.07, 6.45) is 1.48. The largest absolute Gasteiger partial charge is 0.493 e. The number of hydrogen-bond acceptors (Lipinski definition) is 6. The van der Waals surface area contributed by atoms with Gasteiger partial charge in [0.25, 0.3) is 5.56 Å². The predicted molar refractivity (Wildman–Crippen MR) is 116 cm³/mol. The Morgan fingerprint density at radius 2 is 1.87 bits per heavy atom. The summed E-state index contributed by atoms with van der Waals surface area (Å²) in [4.78, 5) is 19.2. The van der Waals surface area contributed by atoms with Crippen LogP contribution in [0.5, 0.6) is 11.5 Å². The first-order valence-electron chi connectivity index (χ1n) is 9.67. The van der Waals surface area contributed by atoms with Gasteiger partial charge in [-0.2, -0.15) is 5.26 Å². The van der Waals surface area contributed by atoms with Crippen molar-refractivity contribution in [1.82, 2.24) is 9.55 Å². The van der Waals surface area contributed by atoms with Crippen LogP contribution in [0.2, 0.25) is 5.15 Å². The van der Waals surface area contributed by atoms with E-state index in [4.69, 9.17) is 21.1 Å². The van der Waals surface area contributed by atoms with Gasteiger partial charge in [0.05, 0.1) is 18.3 Å². The number of para-hydroxylation sites is 2. The van der Waals surface area contributed by atoms with Crippen molar-refractivity contribution in [1.29, 1.82) is 5.26 Å². The first-order valence-corrected chi connectivity index (χ1v) is 10.0. The molecule has 1 fully saturated rings. The fourth-order valence-electron chi connectivity index (χ4n) is 3.87. The van der Waals surface area contributed by atoms with Gasteiger partial charge >= 0.3 is 0 Å². The Morgan fingerprint density at radius 1 is 1.17 bits per heavy atom. The molecule has 0 bridgehead atoms. The molecule has 0 radical (unpaired) electrons. The zero-order valence-electron chi connectivity index (χ0n) is 16.8. The maximum absolute atomic E-state index is 12.8. The highest BCUT2D eigenvalue weighted by Gasteiger charge is 2.27. The van der Waals surface area contributed by atoms with Gasteiger partial charge in [-0.05, 0) is 24.3 Å². The number of aryl methyl sites for hydroxylation is 1. The van der Waals surface area contributed by atoms with E-state index in [1.54, 1.807) is 26.3 Å². The Morgan fingerprint density at radius 3 is 2.53 bits per heavy atom. The number of nitriles is 1. The number of piperidine rings is 1. The number of nitrogens with zero attached hydrogens (tertiary/aromatic N) is 4. The van der Waals surface area contributed by atoms with Crippen molar-refractivity contribution in [2.45, 2.75) is 18.9 Å². The van der Waals surface area contributed by atoms with Gasteiger partial charge < -0.3 is 18.9 Å². The topological polar surface area (TPSA) is 80.4 Å². The third kappa shape index (κ3) is 3.55. The Hall–Kier alpha value is -3.24. The van der Waals surface area contributed by atoms with Crippen LogP contribution in [0.15, 0.2) is 41.2 Å². The van der Waals surface area contributed by atoms with Crippen molar-refractivity contribution in [3.05, 3.63) is 57.5 Å². The van der Waals surface area contributed by atoms with Crippen molar-refractivity contribution < 1.29 is 9.47 Å². The number of hydrogen-bond donors (Lipinski definition) is 0. The third-order valence-electron chi connectivity index (χ3n) is 5.41. The van der Waals surface area contributed by atoms with Crippen LogP contribution in [0.25, 0.3) is 11.0 Å². The Bertz CT molecular complexity index is 1190. The number of halogens is 1. The van der Waals surface area contributed by atoms with Crippen molar-refractivity contribution in [2.24, 2.45) is 7.05 Å². The van der Waals surface area contributed by atoms with Crippen molar-refractivity contribution in [3.63, 3.8) is 0 Å². The van der Waals surface area contributed by atoms with Gasteiger partial charge in [-0.25, -0.2) is 4.98 Å². The molecule has 1 aliphatic heterocycles. The first kappa shape index (κ1) is 20.0. The van der Waals surface area contributed by atoms with Gasteiger partial charge in [0.2, 0.25) is 0 Å². The van der Waals surface area contributed by atoms with Gasteiger partial charge in [-0.15, -0.1) is 0 Å². The molecule has 3 aromatic rings. The second-order valence-electron chi connectivity index (χ2n) is 7.16. The van der Waals surface area contributed by atoms with Crippen LogP contribution in [0, 0.1) is 11.3 Å². The number of methoxy groups -OCH3 is 1. The number of fused-ring (bicyclic) bond motifs is 1. The molecule has 0 aliphatic carbocycles. The minimum Gasteiger partial charge on any atom is -0.493 e. The maximum atomic E-state index is 12.8. The fourth-order valence-corrected chi connectivity index (χ4v) is 4.02. The lowest BCUT2D eigenvalue weighted by atomic mass is 10.0. The van der Waals surface area contributed by atoms with E-state index in [2.05, 4.69) is 11.1 Å². The molecular weight excluding hydrogens is 404 g/mol. The molecule has 1 saturated heterocycles. The molecule has 0 saturated carbocycles. The average molecular weight is 425 g/mol. The van der Waals surface area contributed by atoms with Gasteiger partial charge in [0, 0.05) is 33.0 Å². The van der Waals surface area contributed by atoms with E-state index in [0.717, 1.165) is 12.8 Å². The molecule has 154 valence electrons. The first-order chi connectivity index (χ1) is 14.5. The lowest BCUT2D eigenvalue weighted by molar-refractivity contribution is 0.164. The van der Waals surface area contributed by atoms with Gasteiger partial charge in [-0.3, -0.25) is 4.79 Å². The Kier molecular flexibility index (Phi) is 5.51. The Balaban J connectivity index is 1.64.